The monoisotopic (exact) mass is 262 g/mol. The largest absolute Gasteiger partial charge is 0.490 e. The Labute approximate surface area is 68.2 Å². The van der Waals surface area contributed by atoms with E-state index in [2.05, 4.69) is 4.98 Å². The van der Waals surface area contributed by atoms with Crippen molar-refractivity contribution >= 4 is 22.6 Å². The molecule has 0 fully saturated rings. The molecule has 0 amide bonds. The topological polar surface area (TPSA) is 17.8 Å². The van der Waals surface area contributed by atoms with Gasteiger partial charge in [-0.15, -0.1) is 13.2 Å². The minimum absolute atomic E-state index is 0.0603. The Balaban J connectivity index is 3.05. The van der Waals surface area contributed by atoms with E-state index in [4.69, 9.17) is 0 Å². The first-order valence-corrected chi connectivity index (χ1v) is 3.35. The minimum atomic E-state index is -4.34. The third-order valence-electron chi connectivity index (χ3n) is 0.866. The maximum Gasteiger partial charge on any atom is 0.490 e. The molecule has 0 N–H and O–H groups in total. The molecule has 0 radical (unpaired) electrons. The Morgan fingerprint density at radius 1 is 1.50 bits per heavy atom. The molecule has 0 atom stereocenters. The lowest BCUT2D eigenvalue weighted by atomic mass is 10.9. The van der Waals surface area contributed by atoms with Gasteiger partial charge in [-0.2, -0.15) is 0 Å². The molecule has 6 heteroatoms. The van der Waals surface area contributed by atoms with Crippen LogP contribution in [0.1, 0.15) is 0 Å². The van der Waals surface area contributed by atoms with Crippen molar-refractivity contribution < 1.29 is 13.2 Å². The van der Waals surface area contributed by atoms with E-state index >= 15 is 0 Å². The Bertz CT molecular complexity index is 229. The minimum Gasteiger partial charge on any atom is -0.244 e. The van der Waals surface area contributed by atoms with E-state index in [1.165, 1.54) is 0 Å². The van der Waals surface area contributed by atoms with Crippen molar-refractivity contribution in [3.8, 4) is 0 Å². The van der Waals surface area contributed by atoms with Gasteiger partial charge in [-0.25, -0.2) is 9.55 Å². The standard InChI is InChI=1S/C4H2F3IN2/c5-4(6,7)10-2-9-1-3(10)8/h1-2H. The first kappa shape index (κ1) is 7.83. The zero-order valence-electron chi connectivity index (χ0n) is 4.56. The van der Waals surface area contributed by atoms with Crippen LogP contribution in [0.5, 0.6) is 0 Å². The van der Waals surface area contributed by atoms with Crippen LogP contribution in [0, 0.1) is 3.70 Å². The number of imidazole rings is 1. The van der Waals surface area contributed by atoms with E-state index in [9.17, 15) is 13.2 Å². The van der Waals surface area contributed by atoms with Crippen molar-refractivity contribution in [2.75, 3.05) is 0 Å². The predicted octanol–water partition coefficient (Wildman–Crippen LogP) is 1.96. The average Bonchev–Trinajstić information content (AvgIpc) is 2.11. The summed E-state index contributed by atoms with van der Waals surface area (Å²) in [6.07, 6.45) is -2.46. The molecule has 0 aliphatic heterocycles. The fourth-order valence-electron chi connectivity index (χ4n) is 0.465. The number of hydrogen-bond donors (Lipinski definition) is 0. The summed E-state index contributed by atoms with van der Waals surface area (Å²) in [4.78, 5) is 3.32. The second kappa shape index (κ2) is 2.40. The van der Waals surface area contributed by atoms with E-state index in [-0.39, 0.29) is 8.27 Å². The van der Waals surface area contributed by atoms with Crippen LogP contribution in [-0.2, 0) is 6.30 Å². The van der Waals surface area contributed by atoms with Crippen LogP contribution in [0.3, 0.4) is 0 Å². The Morgan fingerprint density at radius 2 is 2.10 bits per heavy atom. The van der Waals surface area contributed by atoms with Crippen LogP contribution in [0.15, 0.2) is 12.5 Å². The van der Waals surface area contributed by atoms with E-state index in [0.717, 1.165) is 12.5 Å². The van der Waals surface area contributed by atoms with Crippen LogP contribution >= 0.6 is 22.6 Å². The number of alkyl halides is 3. The van der Waals surface area contributed by atoms with Gasteiger partial charge in [0.15, 0.2) is 0 Å². The molecular weight excluding hydrogens is 260 g/mol. The average molecular weight is 262 g/mol. The van der Waals surface area contributed by atoms with Gasteiger partial charge in [-0.1, -0.05) is 0 Å². The van der Waals surface area contributed by atoms with E-state index in [1.807, 2.05) is 0 Å². The third-order valence-corrected chi connectivity index (χ3v) is 1.66. The van der Waals surface area contributed by atoms with Crippen LogP contribution in [0.2, 0.25) is 0 Å². The SMILES string of the molecule is FC(F)(F)n1cncc1I. The predicted molar refractivity (Wildman–Crippen MR) is 36.2 cm³/mol. The summed E-state index contributed by atoms with van der Waals surface area (Å²) >= 11 is 1.56. The number of halogens is 4. The highest BCUT2D eigenvalue weighted by atomic mass is 127. The Kier molecular flexibility index (Phi) is 1.88. The summed E-state index contributed by atoms with van der Waals surface area (Å²) < 4.78 is 35.6. The lowest BCUT2D eigenvalue weighted by molar-refractivity contribution is -0.205. The lowest BCUT2D eigenvalue weighted by Gasteiger charge is -2.06. The molecule has 0 saturated heterocycles. The van der Waals surface area contributed by atoms with Crippen molar-refractivity contribution in [1.82, 2.24) is 9.55 Å². The van der Waals surface area contributed by atoms with Crippen molar-refractivity contribution in [2.45, 2.75) is 6.30 Å². The molecule has 0 unspecified atom stereocenters. The van der Waals surface area contributed by atoms with Gasteiger partial charge in [-0.3, -0.25) is 0 Å². The van der Waals surface area contributed by atoms with Gasteiger partial charge in [0, 0.05) is 0 Å². The fourth-order valence-corrected chi connectivity index (χ4v) is 1.02. The van der Waals surface area contributed by atoms with E-state index in [1.54, 1.807) is 22.6 Å². The molecule has 56 valence electrons. The van der Waals surface area contributed by atoms with Gasteiger partial charge in [0.25, 0.3) is 0 Å². The Hall–Kier alpha value is -0.270. The Morgan fingerprint density at radius 3 is 2.30 bits per heavy atom. The van der Waals surface area contributed by atoms with Gasteiger partial charge in [0.1, 0.15) is 10.0 Å². The molecule has 1 heterocycles. The van der Waals surface area contributed by atoms with Gasteiger partial charge >= 0.3 is 6.30 Å². The molecule has 0 bridgehead atoms. The summed E-state index contributed by atoms with van der Waals surface area (Å²) in [5.74, 6) is 0. The molecule has 0 aliphatic carbocycles. The van der Waals surface area contributed by atoms with Crippen molar-refractivity contribution in [3.05, 3.63) is 16.2 Å². The maximum atomic E-state index is 11.8. The summed E-state index contributed by atoms with van der Waals surface area (Å²) in [5, 5.41) is 0. The zero-order valence-corrected chi connectivity index (χ0v) is 6.72. The zero-order chi connectivity index (χ0) is 7.78. The summed E-state index contributed by atoms with van der Waals surface area (Å²) in [6.45, 7) is 0. The highest BCUT2D eigenvalue weighted by Crippen LogP contribution is 2.24. The smallest absolute Gasteiger partial charge is 0.244 e. The highest BCUT2D eigenvalue weighted by Gasteiger charge is 2.31. The first-order valence-electron chi connectivity index (χ1n) is 2.27. The molecule has 2 nitrogen and oxygen atoms in total. The second-order valence-corrected chi connectivity index (χ2v) is 2.66. The number of hydrogen-bond acceptors (Lipinski definition) is 1. The maximum absolute atomic E-state index is 11.8. The highest BCUT2D eigenvalue weighted by molar-refractivity contribution is 14.1. The first-order chi connectivity index (χ1) is 4.52. The molecule has 0 aliphatic rings. The van der Waals surface area contributed by atoms with Crippen LogP contribution in [-0.4, -0.2) is 9.55 Å². The summed E-state index contributed by atoms with van der Waals surface area (Å²) in [5.41, 5.74) is 0. The number of aromatic nitrogens is 2. The lowest BCUT2D eigenvalue weighted by Crippen LogP contribution is -2.16. The van der Waals surface area contributed by atoms with Gasteiger partial charge < -0.3 is 0 Å². The molecule has 0 spiro atoms. The quantitative estimate of drug-likeness (QED) is 0.653. The van der Waals surface area contributed by atoms with Crippen molar-refractivity contribution in [1.29, 1.82) is 0 Å². The molecule has 0 saturated carbocycles. The molecule has 1 rings (SSSR count). The number of nitrogens with zero attached hydrogens (tertiary/aromatic N) is 2. The van der Waals surface area contributed by atoms with Crippen molar-refractivity contribution in [3.63, 3.8) is 0 Å². The number of rotatable bonds is 0. The second-order valence-electron chi connectivity index (χ2n) is 1.55. The van der Waals surface area contributed by atoms with Crippen LogP contribution in [0.4, 0.5) is 13.2 Å². The van der Waals surface area contributed by atoms with E-state index < -0.39 is 6.30 Å². The summed E-state index contributed by atoms with van der Waals surface area (Å²) in [7, 11) is 0. The molecule has 10 heavy (non-hydrogen) atoms. The van der Waals surface area contributed by atoms with Gasteiger partial charge in [-0.05, 0) is 22.6 Å². The van der Waals surface area contributed by atoms with E-state index in [0.29, 0.717) is 0 Å². The van der Waals surface area contributed by atoms with Crippen LogP contribution in [0.25, 0.3) is 0 Å². The molecule has 0 aromatic carbocycles. The normalized spacial score (nSPS) is 12.0. The van der Waals surface area contributed by atoms with Crippen molar-refractivity contribution in [2.24, 2.45) is 0 Å². The molecular formula is C4H2F3IN2. The molecule has 1 aromatic heterocycles. The molecule has 1 aromatic rings. The van der Waals surface area contributed by atoms with Gasteiger partial charge in [0.05, 0.1) is 6.20 Å². The third kappa shape index (κ3) is 1.41. The van der Waals surface area contributed by atoms with Gasteiger partial charge in [0.2, 0.25) is 0 Å². The van der Waals surface area contributed by atoms with Crippen LogP contribution < -0.4 is 0 Å². The summed E-state index contributed by atoms with van der Waals surface area (Å²) in [6, 6.07) is 0. The fraction of sp³-hybridized carbons (Fsp3) is 0.250.